The van der Waals surface area contributed by atoms with E-state index in [0.29, 0.717) is 0 Å². The number of hydrogen-bond acceptors (Lipinski definition) is 2. The van der Waals surface area contributed by atoms with Crippen LogP contribution in [0.4, 0.5) is 0 Å². The summed E-state index contributed by atoms with van der Waals surface area (Å²) in [4.78, 5) is 0. The fourth-order valence-corrected chi connectivity index (χ4v) is 2.86. The first-order valence-corrected chi connectivity index (χ1v) is 7.46. The normalized spacial score (nSPS) is 13.3. The molecule has 0 unspecified atom stereocenters. The van der Waals surface area contributed by atoms with E-state index in [2.05, 4.69) is 42.5 Å². The number of ether oxygens (including phenoxy) is 2. The van der Waals surface area contributed by atoms with Crippen LogP contribution >= 0.6 is 0 Å². The minimum absolute atomic E-state index is 0.246. The van der Waals surface area contributed by atoms with Crippen LogP contribution in [0.15, 0.2) is 72.3 Å². The van der Waals surface area contributed by atoms with Crippen LogP contribution in [0.3, 0.4) is 0 Å². The Morgan fingerprint density at radius 1 is 0.773 bits per heavy atom. The summed E-state index contributed by atoms with van der Waals surface area (Å²) in [6.45, 7) is 0. The van der Waals surface area contributed by atoms with Crippen molar-refractivity contribution in [3.8, 4) is 11.5 Å². The van der Waals surface area contributed by atoms with E-state index in [1.165, 1.54) is 16.7 Å². The summed E-state index contributed by atoms with van der Waals surface area (Å²) in [5.41, 5.74) is 3.88. The molecule has 0 bridgehead atoms. The van der Waals surface area contributed by atoms with E-state index >= 15 is 0 Å². The maximum absolute atomic E-state index is 5.27. The number of allylic oxidation sites excluding steroid dienone is 4. The molecule has 0 saturated heterocycles. The fraction of sp³-hybridized carbons (Fsp3) is 0.200. The van der Waals surface area contributed by atoms with Crippen molar-refractivity contribution in [3.05, 3.63) is 83.5 Å². The van der Waals surface area contributed by atoms with Gasteiger partial charge in [-0.05, 0) is 47.4 Å². The molecule has 1 aliphatic rings. The van der Waals surface area contributed by atoms with Crippen LogP contribution in [0.1, 0.15) is 23.5 Å². The molecule has 0 radical (unpaired) electrons. The van der Waals surface area contributed by atoms with Gasteiger partial charge in [-0.15, -0.1) is 0 Å². The summed E-state index contributed by atoms with van der Waals surface area (Å²) in [5, 5.41) is 0. The molecular formula is C20H20O2. The molecule has 2 aromatic rings. The average Bonchev–Trinajstić information content (AvgIpc) is 3.10. The van der Waals surface area contributed by atoms with Gasteiger partial charge < -0.3 is 9.47 Å². The molecule has 0 aliphatic heterocycles. The van der Waals surface area contributed by atoms with E-state index in [4.69, 9.17) is 9.47 Å². The van der Waals surface area contributed by atoms with Crippen molar-refractivity contribution >= 4 is 0 Å². The zero-order valence-corrected chi connectivity index (χ0v) is 13.0. The summed E-state index contributed by atoms with van der Waals surface area (Å²) in [7, 11) is 3.39. The maximum Gasteiger partial charge on any atom is 0.118 e. The van der Waals surface area contributed by atoms with E-state index < -0.39 is 0 Å². The molecule has 22 heavy (non-hydrogen) atoms. The van der Waals surface area contributed by atoms with Crippen LogP contribution in [0.25, 0.3) is 0 Å². The highest BCUT2D eigenvalue weighted by molar-refractivity contribution is 5.48. The van der Waals surface area contributed by atoms with Gasteiger partial charge in [-0.2, -0.15) is 0 Å². The quantitative estimate of drug-likeness (QED) is 0.793. The van der Waals surface area contributed by atoms with Gasteiger partial charge in [-0.1, -0.05) is 42.5 Å². The number of hydrogen-bond donors (Lipinski definition) is 0. The van der Waals surface area contributed by atoms with Gasteiger partial charge >= 0.3 is 0 Å². The summed E-state index contributed by atoms with van der Waals surface area (Å²) in [6.07, 6.45) is 7.73. The van der Waals surface area contributed by atoms with Gasteiger partial charge in [0.15, 0.2) is 0 Å². The van der Waals surface area contributed by atoms with Crippen molar-refractivity contribution in [2.45, 2.75) is 12.3 Å². The highest BCUT2D eigenvalue weighted by Gasteiger charge is 2.19. The van der Waals surface area contributed by atoms with Crippen LogP contribution in [0.5, 0.6) is 11.5 Å². The Bertz CT molecular complexity index is 631. The lowest BCUT2D eigenvalue weighted by Crippen LogP contribution is -2.03. The fourth-order valence-electron chi connectivity index (χ4n) is 2.86. The molecule has 0 aromatic heterocycles. The van der Waals surface area contributed by atoms with Crippen molar-refractivity contribution in [1.29, 1.82) is 0 Å². The smallest absolute Gasteiger partial charge is 0.118 e. The van der Waals surface area contributed by atoms with E-state index in [-0.39, 0.29) is 5.92 Å². The minimum Gasteiger partial charge on any atom is -0.497 e. The molecule has 0 heterocycles. The Morgan fingerprint density at radius 3 is 1.64 bits per heavy atom. The Hall–Kier alpha value is -2.48. The van der Waals surface area contributed by atoms with Crippen LogP contribution in [0, 0.1) is 0 Å². The van der Waals surface area contributed by atoms with E-state index in [1.807, 2.05) is 24.3 Å². The summed E-state index contributed by atoms with van der Waals surface area (Å²) in [5.74, 6) is 2.01. The van der Waals surface area contributed by atoms with Crippen molar-refractivity contribution < 1.29 is 9.47 Å². The third-order valence-electron chi connectivity index (χ3n) is 4.03. The molecule has 0 saturated carbocycles. The van der Waals surface area contributed by atoms with Crippen molar-refractivity contribution in [2.75, 3.05) is 14.2 Å². The zero-order chi connectivity index (χ0) is 15.4. The minimum atomic E-state index is 0.246. The van der Waals surface area contributed by atoms with E-state index in [9.17, 15) is 0 Å². The van der Waals surface area contributed by atoms with Gasteiger partial charge in [0.1, 0.15) is 11.5 Å². The lowest BCUT2D eigenvalue weighted by Gasteiger charge is -2.19. The predicted octanol–water partition coefficient (Wildman–Crippen LogP) is 4.72. The molecule has 0 atom stereocenters. The number of methoxy groups -OCH3 is 2. The SMILES string of the molecule is COc1ccc(C(C2=CCC=C2)c2ccc(OC)cc2)cc1. The largest absolute Gasteiger partial charge is 0.497 e. The molecule has 112 valence electrons. The number of benzene rings is 2. The van der Waals surface area contributed by atoms with Gasteiger partial charge in [-0.25, -0.2) is 0 Å². The van der Waals surface area contributed by atoms with Crippen LogP contribution < -0.4 is 9.47 Å². The number of rotatable bonds is 5. The van der Waals surface area contributed by atoms with Crippen LogP contribution in [-0.4, -0.2) is 14.2 Å². The van der Waals surface area contributed by atoms with Gasteiger partial charge in [-0.3, -0.25) is 0 Å². The second-order valence-corrected chi connectivity index (χ2v) is 5.32. The van der Waals surface area contributed by atoms with E-state index in [1.54, 1.807) is 14.2 Å². The summed E-state index contributed by atoms with van der Waals surface area (Å²) < 4.78 is 10.5. The molecule has 2 aromatic carbocycles. The third kappa shape index (κ3) is 2.91. The highest BCUT2D eigenvalue weighted by Crippen LogP contribution is 2.36. The Morgan fingerprint density at radius 2 is 1.27 bits per heavy atom. The zero-order valence-electron chi connectivity index (χ0n) is 13.0. The topological polar surface area (TPSA) is 18.5 Å². The van der Waals surface area contributed by atoms with Gasteiger partial charge in [0.2, 0.25) is 0 Å². The Balaban J connectivity index is 2.00. The van der Waals surface area contributed by atoms with Crippen molar-refractivity contribution in [2.24, 2.45) is 0 Å². The molecule has 2 nitrogen and oxygen atoms in total. The molecular weight excluding hydrogens is 272 g/mol. The molecule has 0 spiro atoms. The van der Waals surface area contributed by atoms with Gasteiger partial charge in [0.05, 0.1) is 14.2 Å². The molecule has 0 fully saturated rings. The first kappa shape index (κ1) is 14.5. The first-order chi connectivity index (χ1) is 10.8. The lowest BCUT2D eigenvalue weighted by molar-refractivity contribution is 0.414. The van der Waals surface area contributed by atoms with Gasteiger partial charge in [0.25, 0.3) is 0 Å². The predicted molar refractivity (Wildman–Crippen MR) is 89.7 cm³/mol. The summed E-state index contributed by atoms with van der Waals surface area (Å²) in [6, 6.07) is 16.6. The van der Waals surface area contributed by atoms with Crippen molar-refractivity contribution in [3.63, 3.8) is 0 Å². The maximum atomic E-state index is 5.27. The Kier molecular flexibility index (Phi) is 4.29. The second kappa shape index (κ2) is 6.52. The monoisotopic (exact) mass is 292 g/mol. The van der Waals surface area contributed by atoms with Crippen molar-refractivity contribution in [1.82, 2.24) is 0 Å². The summed E-state index contributed by atoms with van der Waals surface area (Å²) >= 11 is 0. The first-order valence-electron chi connectivity index (χ1n) is 7.46. The molecule has 1 aliphatic carbocycles. The van der Waals surface area contributed by atoms with Gasteiger partial charge in [0, 0.05) is 5.92 Å². The Labute approximate surface area is 131 Å². The van der Waals surface area contributed by atoms with E-state index in [0.717, 1.165) is 17.9 Å². The lowest BCUT2D eigenvalue weighted by atomic mass is 9.85. The molecule has 0 amide bonds. The highest BCUT2D eigenvalue weighted by atomic mass is 16.5. The average molecular weight is 292 g/mol. The molecule has 0 N–H and O–H groups in total. The van der Waals surface area contributed by atoms with Crippen LogP contribution in [-0.2, 0) is 0 Å². The van der Waals surface area contributed by atoms with Crippen LogP contribution in [0.2, 0.25) is 0 Å². The standard InChI is InChI=1S/C20H20O2/c1-21-18-11-7-16(8-12-18)20(15-5-3-4-6-15)17-9-13-19(22-2)14-10-17/h3,5-14,20H,4H2,1-2H3. The molecule has 2 heteroatoms. The molecule has 3 rings (SSSR count). The second-order valence-electron chi connectivity index (χ2n) is 5.32. The third-order valence-corrected chi connectivity index (χ3v) is 4.03.